The van der Waals surface area contributed by atoms with Gasteiger partial charge in [0.05, 0.1) is 5.75 Å². The standard InChI is InChI=1S/C43H57Br2N3O5S2/c1-10-11-12-25-47-36-21-19-32(44)28-34(36)42(5,6)38(47)23-17-30-15-16-31(40(30)46(9)55(52,53)41(2,3)4)18-24-39-43(7,8)35-29-33(45)20-22-37(35)48(39)26-13-14-27-54(49,50)51/h17-24,28-29H,10-16,25-27H2,1-9H3/p+1. The van der Waals surface area contributed by atoms with Crippen molar-refractivity contribution in [2.75, 3.05) is 35.7 Å². The molecule has 0 radical (unpaired) electrons. The summed E-state index contributed by atoms with van der Waals surface area (Å²) >= 11 is 7.35. The Balaban J connectivity index is 1.63. The van der Waals surface area contributed by atoms with Crippen LogP contribution in [0.15, 0.2) is 92.2 Å². The van der Waals surface area contributed by atoms with Crippen molar-refractivity contribution in [2.45, 2.75) is 116 Å². The number of sulfonamides is 1. The van der Waals surface area contributed by atoms with Crippen LogP contribution in [0.4, 0.5) is 11.4 Å². The van der Waals surface area contributed by atoms with Gasteiger partial charge in [-0.25, -0.2) is 0 Å². The van der Waals surface area contributed by atoms with Gasteiger partial charge in [0.2, 0.25) is 5.71 Å². The highest BCUT2D eigenvalue weighted by molar-refractivity contribution is 9.10. The van der Waals surface area contributed by atoms with Gasteiger partial charge in [-0.05, 0) is 113 Å². The third-order valence-corrected chi connectivity index (χ3v) is 15.6. The second-order valence-corrected chi connectivity index (χ2v) is 23.1. The first-order valence-corrected chi connectivity index (χ1v) is 23.9. The summed E-state index contributed by atoms with van der Waals surface area (Å²) in [5.41, 5.74) is 8.94. The molecule has 1 N–H and O–H groups in total. The normalized spacial score (nSPS) is 22.0. The molecule has 12 heteroatoms. The Morgan fingerprint density at radius 1 is 0.745 bits per heavy atom. The maximum atomic E-state index is 14.1. The van der Waals surface area contributed by atoms with E-state index in [-0.39, 0.29) is 16.6 Å². The lowest BCUT2D eigenvalue weighted by Gasteiger charge is -2.27. The summed E-state index contributed by atoms with van der Waals surface area (Å²) in [5.74, 6) is -0.282. The maximum absolute atomic E-state index is 14.1. The summed E-state index contributed by atoms with van der Waals surface area (Å²) in [6.45, 7) is 17.8. The van der Waals surface area contributed by atoms with E-state index < -0.39 is 24.9 Å². The Labute approximate surface area is 347 Å². The predicted molar refractivity (Wildman–Crippen MR) is 236 cm³/mol. The van der Waals surface area contributed by atoms with Crippen molar-refractivity contribution in [1.82, 2.24) is 0 Å². The van der Waals surface area contributed by atoms with Crippen LogP contribution in [0.5, 0.6) is 0 Å². The number of halogens is 2. The molecule has 0 saturated heterocycles. The second-order valence-electron chi connectivity index (χ2n) is 17.0. The maximum Gasteiger partial charge on any atom is 0.369 e. The fraction of sp³-hybridized carbons (Fsp3) is 0.512. The van der Waals surface area contributed by atoms with Crippen LogP contribution >= 0.6 is 31.9 Å². The number of anilines is 2. The van der Waals surface area contributed by atoms with Gasteiger partial charge >= 0.3 is 10.0 Å². The molecule has 0 amide bonds. The van der Waals surface area contributed by atoms with Crippen LogP contribution in [0.2, 0.25) is 0 Å². The van der Waals surface area contributed by atoms with Crippen LogP contribution in [-0.4, -0.2) is 61.7 Å². The quantitative estimate of drug-likeness (QED) is 0.129. The van der Waals surface area contributed by atoms with E-state index in [0.29, 0.717) is 37.9 Å². The molecule has 2 aromatic rings. The zero-order chi connectivity index (χ0) is 40.7. The molecule has 0 atom stereocenters. The number of nitrogens with zero attached hydrogens (tertiary/aromatic N) is 3. The molecule has 2 aliphatic heterocycles. The van der Waals surface area contributed by atoms with Crippen molar-refractivity contribution in [2.24, 2.45) is 0 Å². The van der Waals surface area contributed by atoms with Crippen molar-refractivity contribution in [3.63, 3.8) is 0 Å². The molecule has 0 aromatic heterocycles. The average Bonchev–Trinajstić information content (AvgIpc) is 3.64. The molecule has 1 fully saturated rings. The molecule has 0 unspecified atom stereocenters. The average molecular weight is 921 g/mol. The van der Waals surface area contributed by atoms with E-state index in [4.69, 9.17) is 0 Å². The van der Waals surface area contributed by atoms with Crippen molar-refractivity contribution < 1.29 is 25.4 Å². The van der Waals surface area contributed by atoms with Gasteiger partial charge in [0.1, 0.15) is 4.75 Å². The van der Waals surface area contributed by atoms with E-state index in [1.807, 2.05) is 6.07 Å². The minimum absolute atomic E-state index is 0.253. The van der Waals surface area contributed by atoms with E-state index in [1.165, 1.54) is 20.9 Å². The Morgan fingerprint density at radius 2 is 1.18 bits per heavy atom. The van der Waals surface area contributed by atoms with Crippen LogP contribution in [0.3, 0.4) is 0 Å². The third kappa shape index (κ3) is 8.98. The van der Waals surface area contributed by atoms with Gasteiger partial charge in [-0.15, -0.1) is 3.98 Å². The first-order chi connectivity index (χ1) is 25.5. The second kappa shape index (κ2) is 16.4. The van der Waals surface area contributed by atoms with E-state index in [9.17, 15) is 21.4 Å². The Morgan fingerprint density at radius 3 is 1.58 bits per heavy atom. The highest BCUT2D eigenvalue weighted by Gasteiger charge is 2.44. The molecular formula is C43H58Br2N3O5S2+. The third-order valence-electron chi connectivity index (χ3n) is 11.3. The fourth-order valence-electron chi connectivity index (χ4n) is 8.18. The van der Waals surface area contributed by atoms with E-state index in [0.717, 1.165) is 62.8 Å². The molecule has 3 aliphatic rings. The first kappa shape index (κ1) is 43.6. The number of fused-ring (bicyclic) bond motifs is 2. The number of benzene rings is 2. The Hall–Kier alpha value is -2.51. The highest BCUT2D eigenvalue weighted by Crippen LogP contribution is 2.50. The predicted octanol–water partition coefficient (Wildman–Crippen LogP) is 10.6. The number of allylic oxidation sites excluding steroid dienone is 8. The van der Waals surface area contributed by atoms with Crippen molar-refractivity contribution in [3.8, 4) is 0 Å². The molecule has 5 rings (SSSR count). The van der Waals surface area contributed by atoms with Crippen LogP contribution in [0, 0.1) is 0 Å². The lowest BCUT2D eigenvalue weighted by Crippen LogP contribution is -2.38. The van der Waals surface area contributed by atoms with Gasteiger partial charge in [0, 0.05) is 66.8 Å². The zero-order valence-electron chi connectivity index (χ0n) is 33.8. The number of hydrogen-bond donors (Lipinski definition) is 1. The summed E-state index contributed by atoms with van der Waals surface area (Å²) in [5, 5.41) is 0. The van der Waals surface area contributed by atoms with Gasteiger partial charge in [-0.3, -0.25) is 4.55 Å². The van der Waals surface area contributed by atoms with Crippen molar-refractivity contribution in [3.05, 3.63) is 103 Å². The van der Waals surface area contributed by atoms with Crippen molar-refractivity contribution >= 4 is 69.1 Å². The van der Waals surface area contributed by atoms with Crippen LogP contribution in [-0.2, 0) is 31.0 Å². The minimum atomic E-state index is -4.05. The summed E-state index contributed by atoms with van der Waals surface area (Å²) in [4.78, 5) is 4.68. The van der Waals surface area contributed by atoms with E-state index >= 15 is 0 Å². The Bertz CT molecular complexity index is 2210. The highest BCUT2D eigenvalue weighted by atomic mass is 79.9. The molecule has 1 aliphatic carbocycles. The van der Waals surface area contributed by atoms with Gasteiger partial charge in [0.25, 0.3) is 10.1 Å². The molecule has 2 aromatic carbocycles. The van der Waals surface area contributed by atoms with Crippen LogP contribution in [0.25, 0.3) is 0 Å². The molecule has 0 spiro atoms. The lowest BCUT2D eigenvalue weighted by atomic mass is 9.83. The molecule has 8 nitrogen and oxygen atoms in total. The monoisotopic (exact) mass is 918 g/mol. The first-order valence-electron chi connectivity index (χ1n) is 19.3. The summed E-state index contributed by atoms with van der Waals surface area (Å²) < 4.78 is 63.0. The molecule has 1 saturated carbocycles. The fourth-order valence-corrected chi connectivity index (χ4v) is 10.8. The Kier molecular flexibility index (Phi) is 13.0. The number of rotatable bonds is 12. The SMILES string of the molecule is CCCCCN1/C(=C/C=C2\CCC(=C/C=C3/N(CCCCS(=O)(=O)O)c4ccc(Br)cc4C3(C)C)\C2=[N+](\C)S(=O)(=O)C(C)(C)C)C(C)(C)c2cc(Br)ccc21. The largest absolute Gasteiger partial charge is 0.369 e. The number of hydrogen-bond acceptors (Lipinski definition) is 6. The lowest BCUT2D eigenvalue weighted by molar-refractivity contribution is -0.328. The summed E-state index contributed by atoms with van der Waals surface area (Å²) in [6.07, 6.45) is 14.2. The number of unbranched alkanes of at least 4 members (excludes halogenated alkanes) is 3. The molecule has 300 valence electrons. The van der Waals surface area contributed by atoms with Crippen LogP contribution < -0.4 is 9.80 Å². The van der Waals surface area contributed by atoms with E-state index in [2.05, 4.69) is 131 Å². The smallest absolute Gasteiger partial charge is 0.344 e. The topological polar surface area (TPSA) is 98.0 Å². The molecular weight excluding hydrogens is 862 g/mol. The zero-order valence-corrected chi connectivity index (χ0v) is 38.6. The van der Waals surface area contributed by atoms with Gasteiger partial charge in [-0.1, -0.05) is 91.5 Å². The molecule has 55 heavy (non-hydrogen) atoms. The molecule has 0 bridgehead atoms. The summed E-state index contributed by atoms with van der Waals surface area (Å²) in [6, 6.07) is 12.7. The molecule has 2 heterocycles. The van der Waals surface area contributed by atoms with Crippen LogP contribution in [0.1, 0.15) is 111 Å². The van der Waals surface area contributed by atoms with Gasteiger partial charge in [-0.2, -0.15) is 16.8 Å². The van der Waals surface area contributed by atoms with Gasteiger partial charge < -0.3 is 9.80 Å². The van der Waals surface area contributed by atoms with Crippen molar-refractivity contribution in [1.29, 1.82) is 0 Å². The van der Waals surface area contributed by atoms with E-state index in [1.54, 1.807) is 27.8 Å². The summed E-state index contributed by atoms with van der Waals surface area (Å²) in [7, 11) is -6.10. The minimum Gasteiger partial charge on any atom is -0.344 e. The van der Waals surface area contributed by atoms with Gasteiger partial charge in [0.15, 0.2) is 7.05 Å².